The number of fused-ring (bicyclic) bond motifs is 2. The number of hydrogen-bond acceptors (Lipinski definition) is 3. The van der Waals surface area contributed by atoms with E-state index in [1.54, 1.807) is 12.1 Å². The molecule has 0 saturated heterocycles. The van der Waals surface area contributed by atoms with Crippen molar-refractivity contribution < 1.29 is 9.53 Å². The predicted octanol–water partition coefficient (Wildman–Crippen LogP) is 5.22. The zero-order chi connectivity index (χ0) is 17.4. The summed E-state index contributed by atoms with van der Waals surface area (Å²) in [6, 6.07) is 20.9. The number of carbonyl (C=O) groups is 1. The van der Waals surface area contributed by atoms with Gasteiger partial charge in [-0.2, -0.15) is 0 Å². The van der Waals surface area contributed by atoms with Crippen LogP contribution in [0.2, 0.25) is 0 Å². The van der Waals surface area contributed by atoms with Crippen LogP contribution in [0.3, 0.4) is 0 Å². The molecule has 3 heteroatoms. The zero-order valence-electron chi connectivity index (χ0n) is 14.1. The molecular formula is C22H17NO2. The molecule has 4 aromatic rings. The molecule has 1 heterocycles. The van der Waals surface area contributed by atoms with Gasteiger partial charge in [-0.1, -0.05) is 42.5 Å². The van der Waals surface area contributed by atoms with Gasteiger partial charge in [0, 0.05) is 10.8 Å². The summed E-state index contributed by atoms with van der Waals surface area (Å²) < 4.78 is 5.64. The van der Waals surface area contributed by atoms with Gasteiger partial charge in [-0.25, -0.2) is 9.78 Å². The smallest absolute Gasteiger partial charge is 0.344 e. The minimum Gasteiger partial charge on any atom is -0.423 e. The molecule has 122 valence electrons. The number of rotatable bonds is 2. The third kappa shape index (κ3) is 2.74. The van der Waals surface area contributed by atoms with Gasteiger partial charge >= 0.3 is 5.97 Å². The van der Waals surface area contributed by atoms with Gasteiger partial charge in [0.15, 0.2) is 0 Å². The Kier molecular flexibility index (Phi) is 3.69. The van der Waals surface area contributed by atoms with Crippen LogP contribution in [-0.4, -0.2) is 11.0 Å². The molecule has 0 aliphatic rings. The molecule has 3 nitrogen and oxygen atoms in total. The molecule has 0 saturated carbocycles. The minimum absolute atomic E-state index is 0.359. The quantitative estimate of drug-likeness (QED) is 0.288. The summed E-state index contributed by atoms with van der Waals surface area (Å²) in [5.41, 5.74) is 4.32. The third-order valence-electron chi connectivity index (χ3n) is 4.28. The highest BCUT2D eigenvalue weighted by atomic mass is 16.5. The summed E-state index contributed by atoms with van der Waals surface area (Å²) in [4.78, 5) is 17.8. The normalized spacial score (nSPS) is 11.0. The van der Waals surface area contributed by atoms with Crippen LogP contribution in [0.1, 0.15) is 21.5 Å². The lowest BCUT2D eigenvalue weighted by Crippen LogP contribution is -2.11. The highest BCUT2D eigenvalue weighted by molar-refractivity contribution is 6.15. The predicted molar refractivity (Wildman–Crippen MR) is 100 cm³/mol. The molecule has 0 amide bonds. The zero-order valence-corrected chi connectivity index (χ0v) is 14.1. The van der Waals surface area contributed by atoms with E-state index in [2.05, 4.69) is 6.07 Å². The third-order valence-corrected chi connectivity index (χ3v) is 4.28. The van der Waals surface area contributed by atoms with Crippen molar-refractivity contribution in [3.63, 3.8) is 0 Å². The second-order valence-corrected chi connectivity index (χ2v) is 6.18. The topological polar surface area (TPSA) is 39.2 Å². The van der Waals surface area contributed by atoms with Crippen LogP contribution >= 0.6 is 0 Å². The highest BCUT2D eigenvalue weighted by Crippen LogP contribution is 2.30. The molecule has 0 aliphatic carbocycles. The summed E-state index contributed by atoms with van der Waals surface area (Å²) >= 11 is 0. The van der Waals surface area contributed by atoms with E-state index >= 15 is 0 Å². The molecule has 0 bridgehead atoms. The molecule has 0 spiro atoms. The number of carbonyl (C=O) groups excluding carboxylic acids is 1. The monoisotopic (exact) mass is 327 g/mol. The first-order valence-electron chi connectivity index (χ1n) is 8.20. The Balaban J connectivity index is 2.00. The SMILES string of the molecule is Cc1cc(C)c2c(C(=O)Oc3ccccc3)c3ccccc3nc2c1. The second kappa shape index (κ2) is 6.02. The Hall–Kier alpha value is -3.20. The van der Waals surface area contributed by atoms with Crippen molar-refractivity contribution >= 4 is 27.8 Å². The number of aryl methyl sites for hydroxylation is 2. The maximum Gasteiger partial charge on any atom is 0.344 e. The van der Waals surface area contributed by atoms with E-state index in [0.717, 1.165) is 32.9 Å². The molecule has 1 aromatic heterocycles. The van der Waals surface area contributed by atoms with Crippen LogP contribution in [-0.2, 0) is 0 Å². The van der Waals surface area contributed by atoms with Gasteiger partial charge in [0.2, 0.25) is 0 Å². The molecule has 0 fully saturated rings. The summed E-state index contributed by atoms with van der Waals surface area (Å²) in [5.74, 6) is 0.174. The number of ether oxygens (including phenoxy) is 1. The number of aromatic nitrogens is 1. The number of esters is 1. The molecule has 0 aliphatic heterocycles. The summed E-state index contributed by atoms with van der Waals surface area (Å²) in [5, 5.41) is 1.66. The van der Waals surface area contributed by atoms with E-state index in [9.17, 15) is 4.79 Å². The van der Waals surface area contributed by atoms with Crippen molar-refractivity contribution in [3.8, 4) is 5.75 Å². The van der Waals surface area contributed by atoms with Crippen molar-refractivity contribution in [1.82, 2.24) is 4.98 Å². The van der Waals surface area contributed by atoms with E-state index in [1.807, 2.05) is 62.4 Å². The molecule has 0 unspecified atom stereocenters. The fraction of sp³-hybridized carbons (Fsp3) is 0.0909. The Morgan fingerprint density at radius 1 is 0.880 bits per heavy atom. The Morgan fingerprint density at radius 2 is 1.60 bits per heavy atom. The Bertz CT molecular complexity index is 1100. The molecule has 0 atom stereocenters. The number of hydrogen-bond donors (Lipinski definition) is 0. The van der Waals surface area contributed by atoms with Gasteiger partial charge in [0.1, 0.15) is 5.75 Å². The summed E-state index contributed by atoms with van der Waals surface area (Å²) in [6.07, 6.45) is 0. The fourth-order valence-corrected chi connectivity index (χ4v) is 3.26. The van der Waals surface area contributed by atoms with Crippen LogP contribution in [0.5, 0.6) is 5.75 Å². The number of pyridine rings is 1. The maximum absolute atomic E-state index is 13.0. The van der Waals surface area contributed by atoms with E-state index in [0.29, 0.717) is 11.3 Å². The first kappa shape index (κ1) is 15.3. The maximum atomic E-state index is 13.0. The Labute approximate surface area is 145 Å². The van der Waals surface area contributed by atoms with E-state index in [1.165, 1.54) is 0 Å². The van der Waals surface area contributed by atoms with Crippen molar-refractivity contribution in [2.24, 2.45) is 0 Å². The molecule has 4 rings (SSSR count). The van der Waals surface area contributed by atoms with Crippen LogP contribution < -0.4 is 4.74 Å². The molecule has 0 N–H and O–H groups in total. The number of para-hydroxylation sites is 2. The van der Waals surface area contributed by atoms with Crippen molar-refractivity contribution in [2.75, 3.05) is 0 Å². The van der Waals surface area contributed by atoms with Crippen molar-refractivity contribution in [1.29, 1.82) is 0 Å². The summed E-state index contributed by atoms with van der Waals surface area (Å²) in [7, 11) is 0. The van der Waals surface area contributed by atoms with E-state index in [-0.39, 0.29) is 5.97 Å². The lowest BCUT2D eigenvalue weighted by atomic mass is 9.97. The molecule has 0 radical (unpaired) electrons. The lowest BCUT2D eigenvalue weighted by molar-refractivity contribution is 0.0738. The average Bonchev–Trinajstić information content (AvgIpc) is 2.60. The van der Waals surface area contributed by atoms with Gasteiger partial charge in [0.25, 0.3) is 0 Å². The van der Waals surface area contributed by atoms with Gasteiger partial charge in [0.05, 0.1) is 16.6 Å². The fourth-order valence-electron chi connectivity index (χ4n) is 3.26. The Morgan fingerprint density at radius 3 is 2.40 bits per heavy atom. The van der Waals surface area contributed by atoms with Crippen LogP contribution in [0, 0.1) is 13.8 Å². The van der Waals surface area contributed by atoms with Crippen molar-refractivity contribution in [2.45, 2.75) is 13.8 Å². The molecule has 25 heavy (non-hydrogen) atoms. The molecular weight excluding hydrogens is 310 g/mol. The second-order valence-electron chi connectivity index (χ2n) is 6.18. The first-order valence-corrected chi connectivity index (χ1v) is 8.20. The first-order chi connectivity index (χ1) is 12.1. The molecule has 3 aromatic carbocycles. The lowest BCUT2D eigenvalue weighted by Gasteiger charge is -2.13. The van der Waals surface area contributed by atoms with Crippen LogP contribution in [0.25, 0.3) is 21.8 Å². The van der Waals surface area contributed by atoms with Crippen LogP contribution in [0.4, 0.5) is 0 Å². The van der Waals surface area contributed by atoms with Crippen molar-refractivity contribution in [3.05, 3.63) is 83.4 Å². The highest BCUT2D eigenvalue weighted by Gasteiger charge is 2.19. The number of nitrogens with zero attached hydrogens (tertiary/aromatic N) is 1. The number of benzene rings is 3. The van der Waals surface area contributed by atoms with Gasteiger partial charge < -0.3 is 4.74 Å². The summed E-state index contributed by atoms with van der Waals surface area (Å²) in [6.45, 7) is 4.04. The van der Waals surface area contributed by atoms with E-state index in [4.69, 9.17) is 9.72 Å². The van der Waals surface area contributed by atoms with Gasteiger partial charge in [-0.3, -0.25) is 0 Å². The van der Waals surface area contributed by atoms with E-state index < -0.39 is 0 Å². The average molecular weight is 327 g/mol. The van der Waals surface area contributed by atoms with Crippen LogP contribution in [0.15, 0.2) is 66.7 Å². The van der Waals surface area contributed by atoms with Gasteiger partial charge in [-0.15, -0.1) is 0 Å². The largest absolute Gasteiger partial charge is 0.423 e. The van der Waals surface area contributed by atoms with Gasteiger partial charge in [-0.05, 0) is 49.2 Å². The minimum atomic E-state index is -0.359. The standard InChI is InChI=1S/C22H17NO2/c1-14-12-15(2)20-19(13-14)23-18-11-7-6-10-17(18)21(20)22(24)25-16-8-4-3-5-9-16/h3-13H,1-2H3.